The zero-order valence-corrected chi connectivity index (χ0v) is 23.3. The Labute approximate surface area is 229 Å². The average Bonchev–Trinajstić information content (AvgIpc) is 2.85. The van der Waals surface area contributed by atoms with Crippen LogP contribution in [0, 0.1) is 0 Å². The van der Waals surface area contributed by atoms with Crippen LogP contribution in [-0.2, 0) is 28.7 Å². The number of carboxylic acids is 1. The number of esters is 2. The van der Waals surface area contributed by atoms with Gasteiger partial charge in [0.25, 0.3) is 0 Å². The van der Waals surface area contributed by atoms with E-state index in [0.717, 1.165) is 56.4 Å². The van der Waals surface area contributed by atoms with Crippen molar-refractivity contribution < 1.29 is 49.1 Å². The predicted octanol–water partition coefficient (Wildman–Crippen LogP) is 2.94. The molecule has 0 unspecified atom stereocenters. The molecule has 0 aromatic rings. The van der Waals surface area contributed by atoms with Gasteiger partial charge in [0.05, 0.1) is 18.3 Å². The highest BCUT2D eigenvalue weighted by Gasteiger charge is 2.30. The summed E-state index contributed by atoms with van der Waals surface area (Å²) in [7, 11) is 0. The molecule has 0 aromatic carbocycles. The Hall–Kier alpha value is -1.95. The molecule has 1 heterocycles. The molecule has 0 spiro atoms. The first-order chi connectivity index (χ1) is 18.0. The summed E-state index contributed by atoms with van der Waals surface area (Å²) in [5.74, 6) is -3.10. The third kappa shape index (κ3) is 15.5. The lowest BCUT2D eigenvalue weighted by Crippen LogP contribution is -2.34. The summed E-state index contributed by atoms with van der Waals surface area (Å²) in [6.07, 6.45) is 5.46. The number of cyclic esters (lactones) is 1. The van der Waals surface area contributed by atoms with E-state index in [1.807, 2.05) is 0 Å². The number of carbonyl (C=O) groups excluding carboxylic acids is 3. The zero-order valence-electron chi connectivity index (χ0n) is 22.5. The fourth-order valence-electron chi connectivity index (χ4n) is 4.01. The number of thioether (sulfide) groups is 1. The van der Waals surface area contributed by atoms with E-state index in [0.29, 0.717) is 32.1 Å². The molecular formula is C27H44O10S. The van der Waals surface area contributed by atoms with Gasteiger partial charge in [-0.2, -0.15) is 0 Å². The van der Waals surface area contributed by atoms with Gasteiger partial charge < -0.3 is 29.9 Å². The lowest BCUT2D eigenvalue weighted by Gasteiger charge is -2.22. The van der Waals surface area contributed by atoms with Crippen LogP contribution in [0.1, 0.15) is 90.9 Å². The molecule has 4 N–H and O–H groups in total. The van der Waals surface area contributed by atoms with Gasteiger partial charge in [0.2, 0.25) is 0 Å². The number of carboxylic acid groups (broad SMARTS) is 1. The maximum atomic E-state index is 12.6. The first-order valence-electron chi connectivity index (χ1n) is 13.5. The van der Waals surface area contributed by atoms with E-state index in [-0.39, 0.29) is 18.3 Å². The molecule has 38 heavy (non-hydrogen) atoms. The molecule has 0 aliphatic carbocycles. The fourth-order valence-corrected chi connectivity index (χ4v) is 5.03. The van der Waals surface area contributed by atoms with E-state index >= 15 is 0 Å². The van der Waals surface area contributed by atoms with Gasteiger partial charge in [-0.25, -0.2) is 9.59 Å². The van der Waals surface area contributed by atoms with Crippen molar-refractivity contribution >= 4 is 35.5 Å². The van der Waals surface area contributed by atoms with Crippen LogP contribution in [0.3, 0.4) is 0 Å². The van der Waals surface area contributed by atoms with Crippen LogP contribution >= 0.6 is 11.8 Å². The summed E-state index contributed by atoms with van der Waals surface area (Å²) in [4.78, 5) is 47.8. The third-order valence-corrected chi connectivity index (χ3v) is 7.56. The van der Waals surface area contributed by atoms with Gasteiger partial charge in [-0.3, -0.25) is 9.59 Å². The molecular weight excluding hydrogens is 516 g/mol. The molecule has 0 radical (unpaired) electrons. The van der Waals surface area contributed by atoms with Gasteiger partial charge in [0.1, 0.15) is 11.4 Å². The number of unbranched alkanes of at least 4 members (excludes halogenated alkanes) is 3. The minimum absolute atomic E-state index is 0.151. The maximum Gasteiger partial charge on any atom is 0.336 e. The quantitative estimate of drug-likeness (QED) is 0.140. The number of hydrogen-bond acceptors (Lipinski definition) is 10. The summed E-state index contributed by atoms with van der Waals surface area (Å²) in [5.41, 5.74) is 0. The molecule has 1 aliphatic heterocycles. The number of rotatable bonds is 14. The number of aliphatic carboxylic acids is 1. The summed E-state index contributed by atoms with van der Waals surface area (Å²) in [5, 5.41) is 37.7. The summed E-state index contributed by atoms with van der Waals surface area (Å²) in [6.45, 7) is 3.52. The number of aliphatic hydroxyl groups excluding tert-OH is 3. The molecule has 1 aliphatic rings. The minimum atomic E-state index is -1.48. The Morgan fingerprint density at radius 3 is 2.42 bits per heavy atom. The van der Waals surface area contributed by atoms with E-state index in [4.69, 9.17) is 14.6 Å². The monoisotopic (exact) mass is 560 g/mol. The second kappa shape index (κ2) is 19.2. The highest BCUT2D eigenvalue weighted by Crippen LogP contribution is 2.23. The van der Waals surface area contributed by atoms with E-state index in [2.05, 4.69) is 0 Å². The first-order valence-corrected chi connectivity index (χ1v) is 14.5. The average molecular weight is 561 g/mol. The molecule has 11 heteroatoms. The van der Waals surface area contributed by atoms with Crippen LogP contribution in [0.4, 0.5) is 0 Å². The highest BCUT2D eigenvalue weighted by molar-refractivity contribution is 8.00. The van der Waals surface area contributed by atoms with E-state index in [1.165, 1.54) is 6.08 Å². The van der Waals surface area contributed by atoms with Gasteiger partial charge >= 0.3 is 17.9 Å². The minimum Gasteiger partial charge on any atom is -0.478 e. The first kappa shape index (κ1) is 34.1. The molecule has 6 atom stereocenters. The zero-order chi connectivity index (χ0) is 28.5. The van der Waals surface area contributed by atoms with Crippen molar-refractivity contribution in [2.24, 2.45) is 0 Å². The third-order valence-electron chi connectivity index (χ3n) is 6.29. The molecule has 10 nitrogen and oxygen atoms in total. The van der Waals surface area contributed by atoms with Crippen LogP contribution in [0.5, 0.6) is 0 Å². The lowest BCUT2D eigenvalue weighted by molar-refractivity contribution is -0.157. The molecule has 1 rings (SSSR count). The fraction of sp³-hybridized carbons (Fsp3) is 0.778. The second-order valence-electron chi connectivity index (χ2n) is 9.91. The number of carbonyl (C=O) groups is 4. The van der Waals surface area contributed by atoms with Crippen LogP contribution in [0.25, 0.3) is 0 Å². The molecule has 1 fully saturated rings. The van der Waals surface area contributed by atoms with Crippen LogP contribution in [0.15, 0.2) is 12.2 Å². The molecule has 218 valence electrons. The summed E-state index contributed by atoms with van der Waals surface area (Å²) in [6, 6.07) is 0. The number of ketones is 1. The summed E-state index contributed by atoms with van der Waals surface area (Å²) < 4.78 is 10.8. The van der Waals surface area contributed by atoms with Gasteiger partial charge in [-0.05, 0) is 58.4 Å². The van der Waals surface area contributed by atoms with Crippen molar-refractivity contribution in [2.75, 3.05) is 5.75 Å². The van der Waals surface area contributed by atoms with E-state index in [1.54, 1.807) is 13.8 Å². The van der Waals surface area contributed by atoms with E-state index in [9.17, 15) is 34.5 Å². The molecule has 1 saturated heterocycles. The topological polar surface area (TPSA) is 168 Å². The Balaban J connectivity index is 2.40. The number of ether oxygens (including phenoxy) is 2. The van der Waals surface area contributed by atoms with Crippen molar-refractivity contribution in [1.29, 1.82) is 0 Å². The predicted molar refractivity (Wildman–Crippen MR) is 143 cm³/mol. The van der Waals surface area contributed by atoms with Crippen molar-refractivity contribution in [2.45, 2.75) is 127 Å². The number of hydrogen-bond donors (Lipinski definition) is 4. The standard InChI is InChI=1S/C27H44O10S/c1-18(10-6-3-4-8-12-20(28)14-15-25(32)33)36-26(34)23(31)17-38-24-16-22(30)21(29)13-9-5-7-11-19(2)37-27(24)35/h14-15,18-21,23-24,28-29,31H,3-13,16-17H2,1-2H3,(H,32,33)/t18-,19-,20+,21+,23-,24+/m1/s1. The SMILES string of the molecule is C[C@H](CCCCCC[C@H](O)C=CC(=O)O)OC(=O)[C@H](O)CS[C@H]1CC(=O)[C@@H](O)CCCCC[C@@H](C)OC1=O. The molecule has 0 aromatic heterocycles. The number of Topliss-reactive ketones (excluding diaryl/α,β-unsaturated/α-hetero) is 1. The van der Waals surface area contributed by atoms with Crippen LogP contribution in [-0.4, -0.2) is 85.6 Å². The van der Waals surface area contributed by atoms with Crippen molar-refractivity contribution in [3.8, 4) is 0 Å². The van der Waals surface area contributed by atoms with Gasteiger partial charge in [0, 0.05) is 18.2 Å². The van der Waals surface area contributed by atoms with Gasteiger partial charge in [-0.1, -0.05) is 32.1 Å². The Morgan fingerprint density at radius 2 is 1.74 bits per heavy atom. The Bertz CT molecular complexity index is 771. The normalized spacial score (nSPS) is 24.1. The van der Waals surface area contributed by atoms with Crippen molar-refractivity contribution in [1.82, 2.24) is 0 Å². The molecule has 0 bridgehead atoms. The van der Waals surface area contributed by atoms with Crippen molar-refractivity contribution in [3.05, 3.63) is 12.2 Å². The smallest absolute Gasteiger partial charge is 0.336 e. The number of aliphatic hydroxyl groups is 3. The van der Waals surface area contributed by atoms with Crippen molar-refractivity contribution in [3.63, 3.8) is 0 Å². The maximum absolute atomic E-state index is 12.6. The van der Waals surface area contributed by atoms with Crippen LogP contribution in [0.2, 0.25) is 0 Å². The second-order valence-corrected chi connectivity index (χ2v) is 11.1. The Kier molecular flexibility index (Phi) is 17.2. The Morgan fingerprint density at radius 1 is 1.08 bits per heavy atom. The highest BCUT2D eigenvalue weighted by atomic mass is 32.2. The molecule has 0 amide bonds. The largest absolute Gasteiger partial charge is 0.478 e. The molecule has 0 saturated carbocycles. The van der Waals surface area contributed by atoms with Gasteiger partial charge in [-0.15, -0.1) is 11.8 Å². The summed E-state index contributed by atoms with van der Waals surface area (Å²) >= 11 is 0.947. The van der Waals surface area contributed by atoms with Crippen LogP contribution < -0.4 is 0 Å². The van der Waals surface area contributed by atoms with E-state index < -0.39 is 53.4 Å². The van der Waals surface area contributed by atoms with Gasteiger partial charge in [0.15, 0.2) is 11.9 Å². The lowest BCUT2D eigenvalue weighted by atomic mass is 10.0.